The van der Waals surface area contributed by atoms with Gasteiger partial charge in [0.1, 0.15) is 0 Å². The minimum atomic E-state index is -5.45. The minimum absolute atomic E-state index is 0.319. The van der Waals surface area contributed by atoms with Gasteiger partial charge in [0.15, 0.2) is 11.5 Å². The van der Waals surface area contributed by atoms with E-state index in [-0.39, 0.29) is 12.1 Å². The Bertz CT molecular complexity index is 463. The summed E-state index contributed by atoms with van der Waals surface area (Å²) in [5.41, 5.74) is -4.42. The number of halogens is 8. The molecule has 0 amide bonds. The molecule has 19 heavy (non-hydrogen) atoms. The second-order valence-electron chi connectivity index (χ2n) is 3.24. The van der Waals surface area contributed by atoms with Crippen LogP contribution in [0.2, 0.25) is 0 Å². The van der Waals surface area contributed by atoms with Gasteiger partial charge in [0.2, 0.25) is 0 Å². The Hall–Kier alpha value is -1.74. The highest BCUT2D eigenvalue weighted by Crippen LogP contribution is 2.45. The van der Waals surface area contributed by atoms with Crippen molar-refractivity contribution in [1.82, 2.24) is 0 Å². The third-order valence-electron chi connectivity index (χ3n) is 1.93. The van der Waals surface area contributed by atoms with Gasteiger partial charge in [-0.3, -0.25) is 0 Å². The summed E-state index contributed by atoms with van der Waals surface area (Å²) in [6.45, 7) is -3.59. The lowest BCUT2D eigenvalue weighted by atomic mass is 10.1. The fourth-order valence-electron chi connectivity index (χ4n) is 1.23. The first kappa shape index (κ1) is 15.3. The molecule has 0 aliphatic carbocycles. The number of phenols is 1. The molecule has 0 saturated heterocycles. The lowest BCUT2D eigenvalue weighted by molar-refractivity contribution is -0.162. The summed E-state index contributed by atoms with van der Waals surface area (Å²) in [6.07, 6.45) is -10.9. The van der Waals surface area contributed by atoms with Crippen molar-refractivity contribution in [3.8, 4) is 11.5 Å². The van der Waals surface area contributed by atoms with Crippen LogP contribution in [-0.2, 0) is 12.4 Å². The summed E-state index contributed by atoms with van der Waals surface area (Å²) in [5.74, 6) is -2.86. The van der Waals surface area contributed by atoms with Gasteiger partial charge in [0, 0.05) is 0 Å². The Morgan fingerprint density at radius 1 is 0.895 bits per heavy atom. The van der Waals surface area contributed by atoms with Crippen LogP contribution in [0, 0.1) is 0 Å². The highest BCUT2D eigenvalue weighted by Gasteiger charge is 2.44. The first-order valence-corrected chi connectivity index (χ1v) is 4.39. The lowest BCUT2D eigenvalue weighted by Gasteiger charge is -2.17. The molecule has 0 atom stereocenters. The van der Waals surface area contributed by atoms with Crippen LogP contribution in [-0.4, -0.2) is 11.7 Å². The van der Waals surface area contributed by atoms with Gasteiger partial charge in [0.05, 0.1) is 11.1 Å². The maximum absolute atomic E-state index is 12.4. The van der Waals surface area contributed by atoms with Gasteiger partial charge in [0.25, 0.3) is 0 Å². The van der Waals surface area contributed by atoms with Crippen LogP contribution in [0.1, 0.15) is 11.1 Å². The molecule has 0 unspecified atom stereocenters. The second kappa shape index (κ2) is 4.74. The summed E-state index contributed by atoms with van der Waals surface area (Å²) >= 11 is 0. The molecule has 0 bridgehead atoms. The van der Waals surface area contributed by atoms with E-state index in [9.17, 15) is 35.1 Å². The van der Waals surface area contributed by atoms with Crippen LogP contribution in [0.4, 0.5) is 35.1 Å². The summed E-state index contributed by atoms with van der Waals surface area (Å²) in [5, 5.41) is 8.97. The smallest absolute Gasteiger partial charge is 0.417 e. The van der Waals surface area contributed by atoms with Crippen LogP contribution in [0.3, 0.4) is 0 Å². The number of phenolic OH excluding ortho intramolecular Hbond substituents is 1. The van der Waals surface area contributed by atoms with Gasteiger partial charge < -0.3 is 9.84 Å². The third-order valence-corrected chi connectivity index (χ3v) is 1.93. The Kier molecular flexibility index (Phi) is 3.82. The van der Waals surface area contributed by atoms with Crippen molar-refractivity contribution in [3.63, 3.8) is 0 Å². The quantitative estimate of drug-likeness (QED) is 0.835. The van der Waals surface area contributed by atoms with Gasteiger partial charge in [-0.25, -0.2) is 0 Å². The normalized spacial score (nSPS) is 12.9. The molecule has 1 rings (SSSR count). The number of alkyl halides is 8. The van der Waals surface area contributed by atoms with Gasteiger partial charge in [-0.2, -0.15) is 35.1 Å². The van der Waals surface area contributed by atoms with E-state index in [1.54, 1.807) is 0 Å². The van der Waals surface area contributed by atoms with Crippen LogP contribution >= 0.6 is 0 Å². The number of ether oxygens (including phenoxy) is 1. The van der Waals surface area contributed by atoms with E-state index in [1.165, 1.54) is 0 Å². The SMILES string of the molecule is Oc1cc(C(F)(F)F)c(C(F)(F)F)cc1OC(F)F. The van der Waals surface area contributed by atoms with E-state index in [0.29, 0.717) is 0 Å². The summed E-state index contributed by atoms with van der Waals surface area (Å²) in [6, 6.07) is -0.648. The van der Waals surface area contributed by atoms with E-state index in [2.05, 4.69) is 4.74 Å². The van der Waals surface area contributed by atoms with Crippen molar-refractivity contribution in [3.05, 3.63) is 23.3 Å². The van der Waals surface area contributed by atoms with Crippen LogP contribution in [0.5, 0.6) is 11.5 Å². The summed E-state index contributed by atoms with van der Waals surface area (Å²) in [4.78, 5) is 0. The molecule has 0 radical (unpaired) electrons. The topological polar surface area (TPSA) is 29.5 Å². The fourth-order valence-corrected chi connectivity index (χ4v) is 1.23. The van der Waals surface area contributed by atoms with E-state index < -0.39 is 41.6 Å². The molecule has 1 aromatic carbocycles. The number of hydrogen-bond donors (Lipinski definition) is 1. The van der Waals surface area contributed by atoms with Crippen molar-refractivity contribution < 1.29 is 45.0 Å². The molecule has 108 valence electrons. The largest absolute Gasteiger partial charge is 0.504 e. The molecule has 0 aliphatic heterocycles. The molecular formula is C9H4F8O2. The predicted molar refractivity (Wildman–Crippen MR) is 44.7 cm³/mol. The van der Waals surface area contributed by atoms with E-state index >= 15 is 0 Å². The average Bonchev–Trinajstić information content (AvgIpc) is 2.16. The molecule has 10 heteroatoms. The molecule has 0 saturated carbocycles. The summed E-state index contributed by atoms with van der Waals surface area (Å²) < 4.78 is 101. The van der Waals surface area contributed by atoms with Gasteiger partial charge in [-0.15, -0.1) is 0 Å². The molecule has 0 heterocycles. The minimum Gasteiger partial charge on any atom is -0.504 e. The van der Waals surface area contributed by atoms with Crippen molar-refractivity contribution in [2.45, 2.75) is 19.0 Å². The number of hydrogen-bond acceptors (Lipinski definition) is 2. The van der Waals surface area contributed by atoms with Crippen molar-refractivity contribution in [2.75, 3.05) is 0 Å². The van der Waals surface area contributed by atoms with Crippen molar-refractivity contribution >= 4 is 0 Å². The van der Waals surface area contributed by atoms with Gasteiger partial charge in [-0.1, -0.05) is 0 Å². The summed E-state index contributed by atoms with van der Waals surface area (Å²) in [7, 11) is 0. The van der Waals surface area contributed by atoms with Crippen LogP contribution in [0.25, 0.3) is 0 Å². The Morgan fingerprint density at radius 3 is 1.68 bits per heavy atom. The molecule has 0 fully saturated rings. The maximum atomic E-state index is 12.4. The Morgan fingerprint density at radius 2 is 1.32 bits per heavy atom. The van der Waals surface area contributed by atoms with E-state index in [0.717, 1.165) is 0 Å². The zero-order valence-electron chi connectivity index (χ0n) is 8.61. The molecule has 1 aromatic rings. The zero-order valence-corrected chi connectivity index (χ0v) is 8.61. The molecular weight excluding hydrogens is 292 g/mol. The van der Waals surface area contributed by atoms with Crippen molar-refractivity contribution in [1.29, 1.82) is 0 Å². The third kappa shape index (κ3) is 3.61. The molecule has 2 nitrogen and oxygen atoms in total. The monoisotopic (exact) mass is 296 g/mol. The maximum Gasteiger partial charge on any atom is 0.417 e. The first-order chi connectivity index (χ1) is 8.43. The highest BCUT2D eigenvalue weighted by molar-refractivity contribution is 5.48. The Balaban J connectivity index is 3.47. The zero-order chi connectivity index (χ0) is 15.0. The lowest BCUT2D eigenvalue weighted by Crippen LogP contribution is -2.17. The van der Waals surface area contributed by atoms with Crippen LogP contribution < -0.4 is 4.74 Å². The first-order valence-electron chi connectivity index (χ1n) is 4.39. The van der Waals surface area contributed by atoms with Crippen molar-refractivity contribution in [2.24, 2.45) is 0 Å². The molecule has 0 spiro atoms. The Labute approximate surface area is 99.8 Å². The van der Waals surface area contributed by atoms with E-state index in [1.807, 2.05) is 0 Å². The number of aromatic hydroxyl groups is 1. The number of rotatable bonds is 2. The van der Waals surface area contributed by atoms with Crippen LogP contribution in [0.15, 0.2) is 12.1 Å². The molecule has 0 aliphatic rings. The second-order valence-corrected chi connectivity index (χ2v) is 3.24. The number of benzene rings is 1. The van der Waals surface area contributed by atoms with E-state index in [4.69, 9.17) is 5.11 Å². The average molecular weight is 296 g/mol. The predicted octanol–water partition coefficient (Wildman–Crippen LogP) is 4.03. The standard InChI is InChI=1S/C9H4F8O2/c10-7(11)19-6-2-4(9(15,16)17)3(1-5(6)18)8(12,13)14/h1-2,7,18H. The fraction of sp³-hybridized carbons (Fsp3) is 0.333. The molecule has 0 aromatic heterocycles. The molecule has 1 N–H and O–H groups in total. The van der Waals surface area contributed by atoms with Gasteiger partial charge in [-0.05, 0) is 12.1 Å². The van der Waals surface area contributed by atoms with Gasteiger partial charge >= 0.3 is 19.0 Å². The highest BCUT2D eigenvalue weighted by atomic mass is 19.4.